The Morgan fingerprint density at radius 1 is 1.09 bits per heavy atom. The van der Waals surface area contributed by atoms with Crippen molar-refractivity contribution in [3.05, 3.63) is 66.0 Å². The van der Waals surface area contributed by atoms with Gasteiger partial charge >= 0.3 is 5.97 Å². The lowest BCUT2D eigenvalue weighted by Crippen LogP contribution is -2.35. The van der Waals surface area contributed by atoms with Crippen LogP contribution in [-0.2, 0) is 16.0 Å². The van der Waals surface area contributed by atoms with Gasteiger partial charge in [0.2, 0.25) is 0 Å². The molecule has 0 aliphatic heterocycles. The number of hydrogen-bond donors (Lipinski definition) is 0. The first-order chi connectivity index (χ1) is 11.2. The Hall–Kier alpha value is -2.69. The van der Waals surface area contributed by atoms with Gasteiger partial charge in [-0.25, -0.2) is 0 Å². The van der Waals surface area contributed by atoms with E-state index in [9.17, 15) is 9.59 Å². The fraction of sp³-hybridized carbons (Fsp3) is 0.278. The van der Waals surface area contributed by atoms with Crippen molar-refractivity contribution in [2.45, 2.75) is 12.8 Å². The Balaban J connectivity index is 2.04. The highest BCUT2D eigenvalue weighted by Crippen LogP contribution is 2.08. The van der Waals surface area contributed by atoms with Crippen LogP contribution in [0.1, 0.15) is 22.3 Å². The van der Waals surface area contributed by atoms with E-state index in [1.165, 1.54) is 13.3 Å². The predicted molar refractivity (Wildman–Crippen MR) is 86.9 cm³/mol. The minimum atomic E-state index is -0.325. The molecule has 1 aromatic heterocycles. The topological polar surface area (TPSA) is 59.5 Å². The van der Waals surface area contributed by atoms with E-state index in [4.69, 9.17) is 0 Å². The summed E-state index contributed by atoms with van der Waals surface area (Å²) in [7, 11) is 1.35. The number of hydrogen-bond acceptors (Lipinski definition) is 4. The van der Waals surface area contributed by atoms with Crippen LogP contribution >= 0.6 is 0 Å². The summed E-state index contributed by atoms with van der Waals surface area (Å²) in [5.74, 6) is -0.452. The van der Waals surface area contributed by atoms with E-state index in [-0.39, 0.29) is 18.3 Å². The van der Waals surface area contributed by atoms with Crippen molar-refractivity contribution in [3.8, 4) is 0 Å². The molecule has 1 amide bonds. The molecule has 0 saturated heterocycles. The molecule has 0 N–H and O–H groups in total. The maximum Gasteiger partial charge on any atom is 0.307 e. The first-order valence-corrected chi connectivity index (χ1v) is 7.50. The first kappa shape index (κ1) is 16.7. The van der Waals surface area contributed by atoms with Gasteiger partial charge in [0.25, 0.3) is 5.91 Å². The SMILES string of the molecule is COC(=O)CCN(CCc1ccccc1)C(=O)c1cccnc1. The van der Waals surface area contributed by atoms with Crippen molar-refractivity contribution in [1.82, 2.24) is 9.88 Å². The van der Waals surface area contributed by atoms with Crippen LogP contribution in [0.4, 0.5) is 0 Å². The summed E-state index contributed by atoms with van der Waals surface area (Å²) in [4.78, 5) is 29.6. The summed E-state index contributed by atoms with van der Waals surface area (Å²) >= 11 is 0. The maximum absolute atomic E-state index is 12.6. The van der Waals surface area contributed by atoms with Gasteiger partial charge in [-0.05, 0) is 24.1 Å². The highest BCUT2D eigenvalue weighted by atomic mass is 16.5. The third-order valence-corrected chi connectivity index (χ3v) is 3.52. The molecular weight excluding hydrogens is 292 g/mol. The van der Waals surface area contributed by atoms with Gasteiger partial charge < -0.3 is 9.64 Å². The van der Waals surface area contributed by atoms with E-state index in [2.05, 4.69) is 9.72 Å². The first-order valence-electron chi connectivity index (χ1n) is 7.50. The smallest absolute Gasteiger partial charge is 0.307 e. The Morgan fingerprint density at radius 2 is 1.87 bits per heavy atom. The highest BCUT2D eigenvalue weighted by molar-refractivity contribution is 5.94. The van der Waals surface area contributed by atoms with Crippen LogP contribution in [-0.4, -0.2) is 42.0 Å². The molecule has 5 heteroatoms. The molecule has 120 valence electrons. The van der Waals surface area contributed by atoms with Crippen LogP contribution in [0.15, 0.2) is 54.9 Å². The zero-order valence-electron chi connectivity index (χ0n) is 13.1. The van der Waals surface area contributed by atoms with Crippen LogP contribution in [0.2, 0.25) is 0 Å². The molecule has 0 saturated carbocycles. The van der Waals surface area contributed by atoms with Crippen molar-refractivity contribution in [2.24, 2.45) is 0 Å². The maximum atomic E-state index is 12.6. The molecule has 0 fully saturated rings. The van der Waals surface area contributed by atoms with Crippen molar-refractivity contribution >= 4 is 11.9 Å². The van der Waals surface area contributed by atoms with Gasteiger partial charge in [-0.15, -0.1) is 0 Å². The lowest BCUT2D eigenvalue weighted by Gasteiger charge is -2.22. The van der Waals surface area contributed by atoms with E-state index in [0.29, 0.717) is 18.7 Å². The number of amides is 1. The molecular formula is C18H20N2O3. The van der Waals surface area contributed by atoms with Gasteiger partial charge in [-0.1, -0.05) is 30.3 Å². The number of rotatable bonds is 7. The second-order valence-corrected chi connectivity index (χ2v) is 5.10. The van der Waals surface area contributed by atoms with Crippen molar-refractivity contribution in [2.75, 3.05) is 20.2 Å². The number of esters is 1. The Bertz CT molecular complexity index is 629. The van der Waals surface area contributed by atoms with Crippen LogP contribution in [0.3, 0.4) is 0 Å². The molecule has 1 heterocycles. The van der Waals surface area contributed by atoms with Gasteiger partial charge in [0.1, 0.15) is 0 Å². The third-order valence-electron chi connectivity index (χ3n) is 3.52. The van der Waals surface area contributed by atoms with E-state index in [1.54, 1.807) is 23.2 Å². The number of carbonyl (C=O) groups is 2. The molecule has 0 aliphatic carbocycles. The predicted octanol–water partition coefficient (Wildman–Crippen LogP) is 2.33. The minimum Gasteiger partial charge on any atom is -0.469 e. The largest absolute Gasteiger partial charge is 0.469 e. The number of pyridine rings is 1. The lowest BCUT2D eigenvalue weighted by atomic mass is 10.1. The van der Waals surface area contributed by atoms with Crippen molar-refractivity contribution in [1.29, 1.82) is 0 Å². The van der Waals surface area contributed by atoms with E-state index in [0.717, 1.165) is 12.0 Å². The summed E-state index contributed by atoms with van der Waals surface area (Å²) in [6.07, 6.45) is 4.07. The van der Waals surface area contributed by atoms with Gasteiger partial charge in [-0.2, -0.15) is 0 Å². The molecule has 0 bridgehead atoms. The molecule has 0 radical (unpaired) electrons. The van der Waals surface area contributed by atoms with E-state index < -0.39 is 0 Å². The van der Waals surface area contributed by atoms with Gasteiger partial charge in [0, 0.05) is 25.5 Å². The van der Waals surface area contributed by atoms with Crippen LogP contribution < -0.4 is 0 Å². The number of nitrogens with zero attached hydrogens (tertiary/aromatic N) is 2. The van der Waals surface area contributed by atoms with E-state index in [1.807, 2.05) is 30.3 Å². The zero-order valence-corrected chi connectivity index (χ0v) is 13.1. The summed E-state index contributed by atoms with van der Waals surface area (Å²) in [5.41, 5.74) is 1.67. The zero-order chi connectivity index (χ0) is 16.5. The van der Waals surface area contributed by atoms with Crippen LogP contribution in [0, 0.1) is 0 Å². The summed E-state index contributed by atoms with van der Waals surface area (Å²) < 4.78 is 4.66. The number of ether oxygens (including phenoxy) is 1. The fourth-order valence-corrected chi connectivity index (χ4v) is 2.22. The molecule has 2 aromatic rings. The molecule has 0 atom stereocenters. The molecule has 5 nitrogen and oxygen atoms in total. The molecule has 23 heavy (non-hydrogen) atoms. The molecule has 2 rings (SSSR count). The minimum absolute atomic E-state index is 0.127. The normalized spacial score (nSPS) is 10.1. The van der Waals surface area contributed by atoms with Gasteiger partial charge in [0.15, 0.2) is 0 Å². The number of carbonyl (C=O) groups excluding carboxylic acids is 2. The molecule has 0 unspecified atom stereocenters. The van der Waals surface area contributed by atoms with E-state index >= 15 is 0 Å². The fourth-order valence-electron chi connectivity index (χ4n) is 2.22. The lowest BCUT2D eigenvalue weighted by molar-refractivity contribution is -0.140. The van der Waals surface area contributed by atoms with Crippen molar-refractivity contribution < 1.29 is 14.3 Å². The number of methoxy groups -OCH3 is 1. The second kappa shape index (κ2) is 8.68. The Morgan fingerprint density at radius 3 is 2.52 bits per heavy atom. The number of benzene rings is 1. The van der Waals surface area contributed by atoms with Crippen molar-refractivity contribution in [3.63, 3.8) is 0 Å². The average molecular weight is 312 g/mol. The average Bonchev–Trinajstić information content (AvgIpc) is 2.62. The molecule has 0 aliphatic rings. The van der Waals surface area contributed by atoms with Gasteiger partial charge in [-0.3, -0.25) is 14.6 Å². The number of aromatic nitrogens is 1. The quantitative estimate of drug-likeness (QED) is 0.736. The second-order valence-electron chi connectivity index (χ2n) is 5.10. The summed E-state index contributed by atoms with van der Waals surface area (Å²) in [6.45, 7) is 0.863. The summed E-state index contributed by atoms with van der Waals surface area (Å²) in [5, 5.41) is 0. The Kier molecular flexibility index (Phi) is 6.29. The monoisotopic (exact) mass is 312 g/mol. The standard InChI is InChI=1S/C18H20N2O3/c1-23-17(21)10-13-20(12-9-15-6-3-2-4-7-15)18(22)16-8-5-11-19-14-16/h2-8,11,14H,9-10,12-13H2,1H3. The van der Waals surface area contributed by atoms with Crippen LogP contribution in [0.5, 0.6) is 0 Å². The summed E-state index contributed by atoms with van der Waals surface area (Å²) in [6, 6.07) is 13.4. The molecule has 1 aromatic carbocycles. The van der Waals surface area contributed by atoms with Gasteiger partial charge in [0.05, 0.1) is 19.1 Å². The van der Waals surface area contributed by atoms with Crippen LogP contribution in [0.25, 0.3) is 0 Å². The Labute approximate surface area is 135 Å². The molecule has 0 spiro atoms. The third kappa shape index (κ3) is 5.21. The highest BCUT2D eigenvalue weighted by Gasteiger charge is 2.17.